The molecule has 3 fully saturated rings. The predicted octanol–water partition coefficient (Wildman–Crippen LogP) is 1.80. The lowest BCUT2D eigenvalue weighted by Gasteiger charge is -2.23. The van der Waals surface area contributed by atoms with Gasteiger partial charge in [-0.05, 0) is 50.9 Å². The van der Waals surface area contributed by atoms with E-state index in [1.807, 2.05) is 11.8 Å². The quantitative estimate of drug-likeness (QED) is 0.755. The highest BCUT2D eigenvalue weighted by atomic mass is 16.3. The van der Waals surface area contributed by atoms with Gasteiger partial charge in [-0.2, -0.15) is 0 Å². The van der Waals surface area contributed by atoms with Gasteiger partial charge in [0.2, 0.25) is 5.91 Å². The van der Waals surface area contributed by atoms with Gasteiger partial charge in [-0.25, -0.2) is 0 Å². The van der Waals surface area contributed by atoms with E-state index in [0.717, 1.165) is 32.4 Å². The van der Waals surface area contributed by atoms with Crippen LogP contribution in [0.15, 0.2) is 0 Å². The maximum absolute atomic E-state index is 12.4. The second kappa shape index (κ2) is 3.98. The number of aliphatic hydroxyl groups is 1. The molecule has 1 aliphatic heterocycles. The van der Waals surface area contributed by atoms with Crippen molar-refractivity contribution in [1.82, 2.24) is 4.90 Å². The van der Waals surface area contributed by atoms with E-state index in [9.17, 15) is 9.90 Å². The summed E-state index contributed by atoms with van der Waals surface area (Å²) in [5.41, 5.74) is -0.561. The van der Waals surface area contributed by atoms with Crippen LogP contribution in [0.2, 0.25) is 0 Å². The van der Waals surface area contributed by atoms with Gasteiger partial charge in [-0.1, -0.05) is 6.42 Å². The molecule has 0 bridgehead atoms. The van der Waals surface area contributed by atoms with Crippen molar-refractivity contribution < 1.29 is 9.90 Å². The van der Waals surface area contributed by atoms with Crippen LogP contribution in [-0.4, -0.2) is 34.6 Å². The number of carbonyl (C=O) groups excluding carboxylic acids is 1. The smallest absolute Gasteiger partial charge is 0.226 e. The van der Waals surface area contributed by atoms with Crippen LogP contribution in [0.25, 0.3) is 0 Å². The highest BCUT2D eigenvalue weighted by Gasteiger charge is 2.57. The number of rotatable bonds is 1. The number of hydrogen-bond donors (Lipinski definition) is 1. The molecule has 3 unspecified atom stereocenters. The number of fused-ring (bicyclic) bond motifs is 1. The molecule has 0 aromatic rings. The Balaban J connectivity index is 1.59. The average Bonchev–Trinajstić information content (AvgIpc) is 2.83. The van der Waals surface area contributed by atoms with Crippen LogP contribution in [0, 0.1) is 17.8 Å². The van der Waals surface area contributed by atoms with Gasteiger partial charge in [0, 0.05) is 19.0 Å². The van der Waals surface area contributed by atoms with E-state index in [1.54, 1.807) is 0 Å². The minimum Gasteiger partial charge on any atom is -0.390 e. The highest BCUT2D eigenvalue weighted by molar-refractivity contribution is 5.82. The van der Waals surface area contributed by atoms with Crippen molar-refractivity contribution in [2.24, 2.45) is 17.8 Å². The fourth-order valence-electron chi connectivity index (χ4n) is 3.88. The Bertz CT molecular complexity index is 316. The van der Waals surface area contributed by atoms with Crippen LogP contribution in [0.5, 0.6) is 0 Å². The second-order valence-corrected chi connectivity index (χ2v) is 6.46. The normalized spacial score (nSPS) is 45.3. The molecular weight excluding hydrogens is 214 g/mol. The SMILES string of the molecule is CC1(O)CCCN(C(=O)C2C3CCCC32)CC1. The molecule has 3 aliphatic rings. The van der Waals surface area contributed by atoms with Gasteiger partial charge in [0.05, 0.1) is 5.60 Å². The summed E-state index contributed by atoms with van der Waals surface area (Å²) in [7, 11) is 0. The lowest BCUT2D eigenvalue weighted by atomic mass is 9.98. The molecule has 2 saturated carbocycles. The zero-order chi connectivity index (χ0) is 12.0. The van der Waals surface area contributed by atoms with Gasteiger partial charge in [-0.15, -0.1) is 0 Å². The molecule has 1 heterocycles. The minimum absolute atomic E-state index is 0.354. The fourth-order valence-corrected chi connectivity index (χ4v) is 3.88. The molecule has 1 amide bonds. The number of likely N-dealkylation sites (tertiary alicyclic amines) is 1. The lowest BCUT2D eigenvalue weighted by molar-refractivity contribution is -0.133. The summed E-state index contributed by atoms with van der Waals surface area (Å²) in [6, 6.07) is 0. The first-order valence-corrected chi connectivity index (χ1v) is 7.10. The summed E-state index contributed by atoms with van der Waals surface area (Å²) < 4.78 is 0. The summed E-state index contributed by atoms with van der Waals surface area (Å²) in [6.45, 7) is 3.50. The zero-order valence-corrected chi connectivity index (χ0v) is 10.7. The average molecular weight is 237 g/mol. The van der Waals surface area contributed by atoms with Crippen molar-refractivity contribution in [2.45, 2.75) is 51.0 Å². The Morgan fingerprint density at radius 2 is 1.88 bits per heavy atom. The van der Waals surface area contributed by atoms with Crippen molar-refractivity contribution in [3.8, 4) is 0 Å². The van der Waals surface area contributed by atoms with Crippen molar-refractivity contribution in [3.63, 3.8) is 0 Å². The molecule has 0 aromatic heterocycles. The summed E-state index contributed by atoms with van der Waals surface area (Å²) in [4.78, 5) is 14.4. The van der Waals surface area contributed by atoms with E-state index in [1.165, 1.54) is 19.3 Å². The van der Waals surface area contributed by atoms with Gasteiger partial charge < -0.3 is 10.0 Å². The molecule has 0 spiro atoms. The second-order valence-electron chi connectivity index (χ2n) is 6.46. The molecule has 3 heteroatoms. The zero-order valence-electron chi connectivity index (χ0n) is 10.7. The third kappa shape index (κ3) is 2.10. The maximum atomic E-state index is 12.4. The summed E-state index contributed by atoms with van der Waals surface area (Å²) in [5.74, 6) is 2.17. The summed E-state index contributed by atoms with van der Waals surface area (Å²) in [5, 5.41) is 10.0. The Labute approximate surface area is 103 Å². The lowest BCUT2D eigenvalue weighted by Crippen LogP contribution is -2.35. The van der Waals surface area contributed by atoms with E-state index in [0.29, 0.717) is 23.7 Å². The molecule has 1 saturated heterocycles. The predicted molar refractivity (Wildman–Crippen MR) is 65.4 cm³/mol. The Morgan fingerprint density at radius 3 is 2.59 bits per heavy atom. The van der Waals surface area contributed by atoms with Crippen LogP contribution in [0.4, 0.5) is 0 Å². The number of nitrogens with zero attached hydrogens (tertiary/aromatic N) is 1. The molecule has 3 nitrogen and oxygen atoms in total. The summed E-state index contributed by atoms with van der Waals surface area (Å²) >= 11 is 0. The van der Waals surface area contributed by atoms with Crippen molar-refractivity contribution in [2.75, 3.05) is 13.1 Å². The monoisotopic (exact) mass is 237 g/mol. The van der Waals surface area contributed by atoms with E-state index in [4.69, 9.17) is 0 Å². The van der Waals surface area contributed by atoms with E-state index in [2.05, 4.69) is 0 Å². The van der Waals surface area contributed by atoms with E-state index in [-0.39, 0.29) is 0 Å². The number of amides is 1. The van der Waals surface area contributed by atoms with Gasteiger partial charge in [0.25, 0.3) is 0 Å². The molecule has 2 aliphatic carbocycles. The fraction of sp³-hybridized carbons (Fsp3) is 0.929. The van der Waals surface area contributed by atoms with Crippen molar-refractivity contribution >= 4 is 5.91 Å². The molecule has 0 radical (unpaired) electrons. The Morgan fingerprint density at radius 1 is 1.18 bits per heavy atom. The van der Waals surface area contributed by atoms with Gasteiger partial charge >= 0.3 is 0 Å². The number of hydrogen-bond acceptors (Lipinski definition) is 2. The third-order valence-corrected chi connectivity index (χ3v) is 5.07. The third-order valence-electron chi connectivity index (χ3n) is 5.07. The Kier molecular flexibility index (Phi) is 2.69. The topological polar surface area (TPSA) is 40.5 Å². The minimum atomic E-state index is -0.561. The van der Waals surface area contributed by atoms with Crippen molar-refractivity contribution in [1.29, 1.82) is 0 Å². The highest BCUT2D eigenvalue weighted by Crippen LogP contribution is 2.58. The molecule has 96 valence electrons. The van der Waals surface area contributed by atoms with E-state index >= 15 is 0 Å². The molecule has 17 heavy (non-hydrogen) atoms. The molecule has 0 aromatic carbocycles. The number of carbonyl (C=O) groups is 1. The largest absolute Gasteiger partial charge is 0.390 e. The maximum Gasteiger partial charge on any atom is 0.226 e. The molecule has 1 N–H and O–H groups in total. The summed E-state index contributed by atoms with van der Waals surface area (Å²) in [6.07, 6.45) is 6.38. The standard InChI is InChI=1S/C14H23NO2/c1-14(17)6-3-8-15(9-7-14)13(16)12-10-4-2-5-11(10)12/h10-12,17H,2-9H2,1H3. The van der Waals surface area contributed by atoms with Gasteiger partial charge in [0.1, 0.15) is 0 Å². The van der Waals surface area contributed by atoms with Crippen molar-refractivity contribution in [3.05, 3.63) is 0 Å². The van der Waals surface area contributed by atoms with Crippen LogP contribution in [0.1, 0.15) is 45.4 Å². The molecule has 3 rings (SSSR count). The first-order valence-electron chi connectivity index (χ1n) is 7.10. The molecule has 3 atom stereocenters. The molecular formula is C14H23NO2. The van der Waals surface area contributed by atoms with Gasteiger partial charge in [0.15, 0.2) is 0 Å². The van der Waals surface area contributed by atoms with Crippen LogP contribution >= 0.6 is 0 Å². The van der Waals surface area contributed by atoms with Crippen LogP contribution < -0.4 is 0 Å². The Hall–Kier alpha value is -0.570. The van der Waals surface area contributed by atoms with Crippen LogP contribution in [0.3, 0.4) is 0 Å². The van der Waals surface area contributed by atoms with Gasteiger partial charge in [-0.3, -0.25) is 4.79 Å². The van der Waals surface area contributed by atoms with E-state index < -0.39 is 5.60 Å². The van der Waals surface area contributed by atoms with Crippen LogP contribution in [-0.2, 0) is 4.79 Å². The first-order chi connectivity index (χ1) is 8.08. The first kappa shape index (κ1) is 11.5.